The number of urea groups is 1. The molecule has 0 aliphatic heterocycles. The van der Waals surface area contributed by atoms with Crippen LogP contribution in [0.15, 0.2) is 57.5 Å². The molecule has 0 radical (unpaired) electrons. The fraction of sp³-hybridized carbons (Fsp3) is 0.0500. The fourth-order valence-electron chi connectivity index (χ4n) is 3.09. The third-order valence-corrected chi connectivity index (χ3v) is 7.77. The van der Waals surface area contributed by atoms with Crippen molar-refractivity contribution in [2.75, 3.05) is 5.32 Å². The van der Waals surface area contributed by atoms with Crippen molar-refractivity contribution in [1.29, 1.82) is 0 Å². The van der Waals surface area contributed by atoms with Crippen LogP contribution in [0.5, 0.6) is 0 Å². The molecule has 0 saturated carbocycles. The van der Waals surface area contributed by atoms with Gasteiger partial charge in [0.2, 0.25) is 0 Å². The van der Waals surface area contributed by atoms with E-state index in [9.17, 15) is 22.4 Å². The average molecular weight is 527 g/mol. The van der Waals surface area contributed by atoms with Crippen LogP contribution in [0.1, 0.15) is 5.82 Å². The first-order valence-corrected chi connectivity index (χ1v) is 12.2. The number of hydrogen-bond donors (Lipinski definition) is 2. The summed E-state index contributed by atoms with van der Waals surface area (Å²) in [7, 11) is -4.14. The third kappa shape index (κ3) is 4.71. The molecule has 4 rings (SSSR count). The fourth-order valence-corrected chi connectivity index (χ4v) is 5.65. The van der Waals surface area contributed by atoms with Gasteiger partial charge in [-0.15, -0.1) is 11.3 Å². The van der Waals surface area contributed by atoms with E-state index in [1.165, 1.54) is 30.3 Å². The quantitative estimate of drug-likeness (QED) is 0.400. The predicted molar refractivity (Wildman–Crippen MR) is 126 cm³/mol. The van der Waals surface area contributed by atoms with Crippen LogP contribution in [0, 0.1) is 12.7 Å². The van der Waals surface area contributed by atoms with Crippen LogP contribution in [0.4, 0.5) is 14.9 Å². The molecule has 4 aromatic rings. The largest absolute Gasteiger partial charge is 0.333 e. The zero-order valence-corrected chi connectivity index (χ0v) is 19.7. The van der Waals surface area contributed by atoms with Gasteiger partial charge in [-0.3, -0.25) is 9.36 Å². The van der Waals surface area contributed by atoms with Crippen molar-refractivity contribution in [3.63, 3.8) is 0 Å². The van der Waals surface area contributed by atoms with Crippen molar-refractivity contribution >= 4 is 67.2 Å². The Bertz CT molecular complexity index is 1580. The second-order valence-electron chi connectivity index (χ2n) is 6.75. The van der Waals surface area contributed by atoms with E-state index in [0.29, 0.717) is 10.5 Å². The van der Waals surface area contributed by atoms with Crippen LogP contribution < -0.4 is 15.6 Å². The van der Waals surface area contributed by atoms with Gasteiger partial charge in [0.05, 0.1) is 20.9 Å². The highest BCUT2D eigenvalue weighted by Crippen LogP contribution is 2.25. The van der Waals surface area contributed by atoms with Crippen LogP contribution >= 0.6 is 34.5 Å². The maximum atomic E-state index is 14.9. The van der Waals surface area contributed by atoms with Gasteiger partial charge >= 0.3 is 6.03 Å². The summed E-state index contributed by atoms with van der Waals surface area (Å²) in [6, 6.07) is 9.72. The number of carbonyl (C=O) groups excluding carboxylic acids is 1. The smallest absolute Gasteiger partial charge is 0.307 e. The van der Waals surface area contributed by atoms with E-state index in [1.807, 2.05) is 4.72 Å². The molecule has 2 aromatic carbocycles. The minimum atomic E-state index is -4.14. The molecule has 2 heterocycles. The molecule has 0 spiro atoms. The number of sulfonamides is 1. The van der Waals surface area contributed by atoms with E-state index in [2.05, 4.69) is 10.3 Å². The van der Waals surface area contributed by atoms with Crippen LogP contribution in [-0.4, -0.2) is 24.0 Å². The lowest BCUT2D eigenvalue weighted by molar-refractivity contribution is 0.256. The third-order valence-electron chi connectivity index (χ3n) is 4.48. The summed E-state index contributed by atoms with van der Waals surface area (Å²) in [5.74, 6) is -0.595. The molecule has 0 atom stereocenters. The standard InChI is InChI=1S/C20H13Cl2FN4O4S2/c1-10-24-15-4-2-11(21)8-13(15)19(28)27(10)16-5-3-12(9-14(16)23)25-20(29)26-33(30,31)18-7-6-17(22)32-18/h2-9H,1H3,(H2,25,26,29). The molecular formula is C20H13Cl2FN4O4S2. The second kappa shape index (κ2) is 8.75. The Morgan fingerprint density at radius 2 is 1.88 bits per heavy atom. The van der Waals surface area contributed by atoms with Crippen LogP contribution in [0.3, 0.4) is 0 Å². The maximum Gasteiger partial charge on any atom is 0.333 e. The molecule has 0 saturated heterocycles. The number of anilines is 1. The number of carbonyl (C=O) groups is 1. The van der Waals surface area contributed by atoms with Gasteiger partial charge in [0.25, 0.3) is 15.6 Å². The maximum absolute atomic E-state index is 14.9. The van der Waals surface area contributed by atoms with Gasteiger partial charge in [-0.1, -0.05) is 23.2 Å². The minimum absolute atomic E-state index is 0.0318. The molecule has 170 valence electrons. The predicted octanol–water partition coefficient (Wildman–Crippen LogP) is 4.71. The van der Waals surface area contributed by atoms with Crippen LogP contribution in [0.2, 0.25) is 9.36 Å². The second-order valence-corrected chi connectivity index (χ2v) is 10.8. The van der Waals surface area contributed by atoms with Gasteiger partial charge in [-0.2, -0.15) is 0 Å². The van der Waals surface area contributed by atoms with Gasteiger partial charge in [-0.25, -0.2) is 27.3 Å². The normalized spacial score (nSPS) is 11.5. The van der Waals surface area contributed by atoms with Crippen molar-refractivity contribution in [3.8, 4) is 5.69 Å². The summed E-state index contributed by atoms with van der Waals surface area (Å²) >= 11 is 12.5. The lowest BCUT2D eigenvalue weighted by atomic mass is 10.2. The number of nitrogens with one attached hydrogen (secondary N) is 2. The van der Waals surface area contributed by atoms with E-state index in [4.69, 9.17) is 23.2 Å². The average Bonchev–Trinajstić information content (AvgIpc) is 3.17. The summed E-state index contributed by atoms with van der Waals surface area (Å²) in [5.41, 5.74) is -0.228. The Kier molecular flexibility index (Phi) is 6.14. The molecule has 2 amide bonds. The number of fused-ring (bicyclic) bond motifs is 1. The van der Waals surface area contributed by atoms with Gasteiger partial charge in [-0.05, 0) is 55.5 Å². The number of aryl methyl sites for hydroxylation is 1. The van der Waals surface area contributed by atoms with Gasteiger partial charge in [0, 0.05) is 10.7 Å². The Morgan fingerprint density at radius 3 is 2.55 bits per heavy atom. The molecule has 2 N–H and O–H groups in total. The van der Waals surface area contributed by atoms with Crippen molar-refractivity contribution in [3.05, 3.63) is 79.9 Å². The summed E-state index contributed by atoms with van der Waals surface area (Å²) in [6.07, 6.45) is 0. The zero-order chi connectivity index (χ0) is 23.9. The Balaban J connectivity index is 1.62. The topological polar surface area (TPSA) is 110 Å². The van der Waals surface area contributed by atoms with E-state index in [-0.39, 0.29) is 31.1 Å². The van der Waals surface area contributed by atoms with Crippen molar-refractivity contribution < 1.29 is 17.6 Å². The number of aromatic nitrogens is 2. The number of amides is 2. The number of rotatable bonds is 4. The van der Waals surface area contributed by atoms with Crippen molar-refractivity contribution in [2.45, 2.75) is 11.1 Å². The molecule has 0 bridgehead atoms. The van der Waals surface area contributed by atoms with E-state index >= 15 is 0 Å². The van der Waals surface area contributed by atoms with Crippen LogP contribution in [0.25, 0.3) is 16.6 Å². The van der Waals surface area contributed by atoms with Crippen LogP contribution in [-0.2, 0) is 10.0 Å². The highest BCUT2D eigenvalue weighted by molar-refractivity contribution is 7.92. The molecule has 0 aliphatic carbocycles. The molecule has 13 heteroatoms. The molecule has 0 unspecified atom stereocenters. The van der Waals surface area contributed by atoms with Gasteiger partial charge in [0.1, 0.15) is 15.9 Å². The molecular weight excluding hydrogens is 514 g/mol. The van der Waals surface area contributed by atoms with E-state index in [1.54, 1.807) is 19.1 Å². The SMILES string of the molecule is Cc1nc2ccc(Cl)cc2c(=O)n1-c1ccc(NC(=O)NS(=O)(=O)c2ccc(Cl)s2)cc1F. The summed E-state index contributed by atoms with van der Waals surface area (Å²) in [6.45, 7) is 1.55. The monoisotopic (exact) mass is 526 g/mol. The zero-order valence-electron chi connectivity index (χ0n) is 16.6. The summed E-state index contributed by atoms with van der Waals surface area (Å²) < 4.78 is 42.3. The highest BCUT2D eigenvalue weighted by atomic mass is 35.5. The molecule has 0 fully saturated rings. The molecule has 33 heavy (non-hydrogen) atoms. The lowest BCUT2D eigenvalue weighted by Gasteiger charge is -2.13. The number of benzene rings is 2. The first-order chi connectivity index (χ1) is 15.5. The van der Waals surface area contributed by atoms with E-state index < -0.39 is 27.4 Å². The van der Waals surface area contributed by atoms with Gasteiger partial charge < -0.3 is 5.32 Å². The summed E-state index contributed by atoms with van der Waals surface area (Å²) in [4.78, 5) is 29.4. The number of nitrogens with zero attached hydrogens (tertiary/aromatic N) is 2. The Morgan fingerprint density at radius 1 is 1.12 bits per heavy atom. The van der Waals surface area contributed by atoms with Gasteiger partial charge in [0.15, 0.2) is 0 Å². The lowest BCUT2D eigenvalue weighted by Crippen LogP contribution is -2.34. The highest BCUT2D eigenvalue weighted by Gasteiger charge is 2.20. The number of halogens is 3. The van der Waals surface area contributed by atoms with Crippen molar-refractivity contribution in [2.24, 2.45) is 0 Å². The number of thiophene rings is 1. The Hall–Kier alpha value is -2.99. The molecule has 0 aliphatic rings. The first-order valence-electron chi connectivity index (χ1n) is 9.13. The van der Waals surface area contributed by atoms with E-state index in [0.717, 1.165) is 22.0 Å². The minimum Gasteiger partial charge on any atom is -0.307 e. The number of hydrogen-bond acceptors (Lipinski definition) is 6. The molecule has 2 aromatic heterocycles. The molecule has 8 nitrogen and oxygen atoms in total. The summed E-state index contributed by atoms with van der Waals surface area (Å²) in [5, 5.41) is 2.79. The van der Waals surface area contributed by atoms with Crippen molar-refractivity contribution in [1.82, 2.24) is 14.3 Å². The Labute approximate surface area is 200 Å². The first kappa shape index (κ1) is 23.2.